The van der Waals surface area contributed by atoms with E-state index in [9.17, 15) is 19.2 Å². The van der Waals surface area contributed by atoms with Crippen molar-refractivity contribution in [2.24, 2.45) is 5.92 Å². The molecule has 1 aliphatic heterocycles. The summed E-state index contributed by atoms with van der Waals surface area (Å²) in [5, 5.41) is 8.16. The highest BCUT2D eigenvalue weighted by atomic mass is 19.1. The summed E-state index contributed by atoms with van der Waals surface area (Å²) in [6.45, 7) is 10.8. The molecule has 3 atom stereocenters. The van der Waals surface area contributed by atoms with Crippen molar-refractivity contribution in [1.82, 2.24) is 20.4 Å². The van der Waals surface area contributed by atoms with E-state index >= 15 is 4.39 Å². The highest BCUT2D eigenvalue weighted by Gasteiger charge is 2.35. The third kappa shape index (κ3) is 9.68. The summed E-state index contributed by atoms with van der Waals surface area (Å²) in [6, 6.07) is 2.65. The molecule has 3 N–H and O–H groups in total. The zero-order valence-electron chi connectivity index (χ0n) is 25.9. The summed E-state index contributed by atoms with van der Waals surface area (Å²) in [5.74, 6) is -2.30. The molecule has 0 aromatic heterocycles. The number of nitrogens with one attached hydrogen (secondary N) is 3. The van der Waals surface area contributed by atoms with Crippen molar-refractivity contribution in [3.05, 3.63) is 29.6 Å². The summed E-state index contributed by atoms with van der Waals surface area (Å²) in [7, 11) is 1.99. The summed E-state index contributed by atoms with van der Waals surface area (Å²) >= 11 is 0. The Balaban J connectivity index is 1.79. The molecule has 0 spiro atoms. The molecule has 10 nitrogen and oxygen atoms in total. The highest BCUT2D eigenvalue weighted by Crippen LogP contribution is 2.29. The van der Waals surface area contributed by atoms with Gasteiger partial charge >= 0.3 is 6.09 Å². The number of benzene rings is 1. The van der Waals surface area contributed by atoms with Gasteiger partial charge in [0.25, 0.3) is 0 Å². The lowest BCUT2D eigenvalue weighted by Crippen LogP contribution is -2.56. The van der Waals surface area contributed by atoms with Crippen LogP contribution in [-0.4, -0.2) is 84.5 Å². The van der Waals surface area contributed by atoms with Gasteiger partial charge in [-0.3, -0.25) is 14.4 Å². The monoisotopic (exact) mass is 589 g/mol. The molecule has 1 saturated heterocycles. The Kier molecular flexibility index (Phi) is 11.7. The van der Waals surface area contributed by atoms with Crippen LogP contribution in [0.2, 0.25) is 0 Å². The molecule has 2 fully saturated rings. The van der Waals surface area contributed by atoms with Gasteiger partial charge in [0.1, 0.15) is 23.5 Å². The normalized spacial score (nSPS) is 19.2. The van der Waals surface area contributed by atoms with Gasteiger partial charge in [-0.05, 0) is 64.3 Å². The number of carbonyl (C=O) groups excluding carboxylic acids is 4. The predicted molar refractivity (Wildman–Crippen MR) is 159 cm³/mol. The van der Waals surface area contributed by atoms with Crippen LogP contribution in [-0.2, 0) is 19.1 Å². The number of hydrogen-bond acceptors (Lipinski definition) is 6. The molecule has 1 aromatic rings. The van der Waals surface area contributed by atoms with Crippen LogP contribution in [0.3, 0.4) is 0 Å². The van der Waals surface area contributed by atoms with Crippen LogP contribution in [0.25, 0.3) is 0 Å². The smallest absolute Gasteiger partial charge is 0.408 e. The van der Waals surface area contributed by atoms with Gasteiger partial charge < -0.3 is 30.5 Å². The van der Waals surface area contributed by atoms with E-state index in [1.54, 1.807) is 38.7 Å². The van der Waals surface area contributed by atoms with Gasteiger partial charge in [0.05, 0.1) is 5.69 Å². The summed E-state index contributed by atoms with van der Waals surface area (Å²) in [5.41, 5.74) is -0.287. The molecule has 1 aliphatic carbocycles. The minimum absolute atomic E-state index is 0.0121. The van der Waals surface area contributed by atoms with E-state index in [1.165, 1.54) is 19.1 Å². The van der Waals surface area contributed by atoms with Crippen LogP contribution < -0.4 is 16.0 Å². The molecule has 0 radical (unpaired) electrons. The van der Waals surface area contributed by atoms with Gasteiger partial charge in [0, 0.05) is 39.0 Å². The second kappa shape index (κ2) is 14.8. The number of halogens is 1. The van der Waals surface area contributed by atoms with Crippen molar-refractivity contribution in [1.29, 1.82) is 0 Å². The van der Waals surface area contributed by atoms with Crippen molar-refractivity contribution >= 4 is 29.5 Å². The first-order valence-electron chi connectivity index (χ1n) is 15.1. The molecular formula is C31H48FN5O5. The van der Waals surface area contributed by atoms with Gasteiger partial charge in [0.15, 0.2) is 0 Å². The number of rotatable bonds is 8. The van der Waals surface area contributed by atoms with E-state index in [1.807, 2.05) is 7.05 Å². The zero-order chi connectivity index (χ0) is 31.0. The Morgan fingerprint density at radius 2 is 1.60 bits per heavy atom. The fraction of sp³-hybridized carbons (Fsp3) is 0.677. The van der Waals surface area contributed by atoms with Crippen molar-refractivity contribution in [2.75, 3.05) is 38.5 Å². The molecule has 1 saturated carbocycles. The second-order valence-electron chi connectivity index (χ2n) is 12.7. The Morgan fingerprint density at radius 1 is 0.976 bits per heavy atom. The fourth-order valence-electron chi connectivity index (χ4n) is 5.64. The molecule has 0 unspecified atom stereocenters. The van der Waals surface area contributed by atoms with Gasteiger partial charge in [-0.25, -0.2) is 9.18 Å². The average Bonchev–Trinajstić information content (AvgIpc) is 3.19. The minimum atomic E-state index is -0.984. The van der Waals surface area contributed by atoms with Crippen LogP contribution in [0.15, 0.2) is 18.2 Å². The lowest BCUT2D eigenvalue weighted by Gasteiger charge is -2.36. The second-order valence-corrected chi connectivity index (χ2v) is 12.7. The van der Waals surface area contributed by atoms with E-state index in [0.29, 0.717) is 31.7 Å². The quantitative estimate of drug-likeness (QED) is 0.394. The first kappa shape index (κ1) is 33.3. The standard InChI is InChI=1S/C31H48FN5O5/c1-20(26(35-30(41)42-31(3,4)5)29(40)37-17-15-36(6)16-18-37)23-13-14-25(24(32)19-23)34-28(39)27(33-21(2)38)22-11-9-7-8-10-12-22/h13-14,19-20,22,26-27H,7-12,15-18H2,1-6H3,(H,33,38)(H,34,39)(H,35,41)/t20-,26+,27-/m0/s1. The van der Waals surface area contributed by atoms with Crippen molar-refractivity contribution in [3.63, 3.8) is 0 Å². The molecule has 0 bridgehead atoms. The summed E-state index contributed by atoms with van der Waals surface area (Å²) < 4.78 is 20.9. The van der Waals surface area contributed by atoms with Crippen LogP contribution in [0, 0.1) is 11.7 Å². The third-order valence-corrected chi connectivity index (χ3v) is 8.04. The average molecular weight is 590 g/mol. The maximum atomic E-state index is 15.4. The topological polar surface area (TPSA) is 120 Å². The van der Waals surface area contributed by atoms with E-state index in [0.717, 1.165) is 38.5 Å². The highest BCUT2D eigenvalue weighted by molar-refractivity contribution is 5.97. The van der Waals surface area contributed by atoms with Crippen molar-refractivity contribution in [2.45, 2.75) is 96.7 Å². The van der Waals surface area contributed by atoms with Crippen LogP contribution in [0.1, 0.15) is 84.6 Å². The number of ether oxygens (including phenoxy) is 1. The van der Waals surface area contributed by atoms with E-state index in [-0.39, 0.29) is 23.4 Å². The molecule has 3 rings (SSSR count). The third-order valence-electron chi connectivity index (χ3n) is 8.04. The van der Waals surface area contributed by atoms with Gasteiger partial charge in [-0.1, -0.05) is 38.7 Å². The van der Waals surface area contributed by atoms with E-state index in [4.69, 9.17) is 4.74 Å². The van der Waals surface area contributed by atoms with Gasteiger partial charge in [-0.2, -0.15) is 0 Å². The van der Waals surface area contributed by atoms with Gasteiger partial charge in [-0.15, -0.1) is 0 Å². The summed E-state index contributed by atoms with van der Waals surface area (Å²) in [4.78, 5) is 55.3. The molecule has 1 aromatic carbocycles. The first-order chi connectivity index (χ1) is 19.7. The Bertz CT molecular complexity index is 1110. The Hall–Kier alpha value is -3.21. The lowest BCUT2D eigenvalue weighted by molar-refractivity contribution is -0.135. The number of nitrogens with zero attached hydrogens (tertiary/aromatic N) is 2. The largest absolute Gasteiger partial charge is 0.444 e. The number of carbonyl (C=O) groups is 4. The maximum absolute atomic E-state index is 15.4. The Morgan fingerprint density at radius 3 is 2.14 bits per heavy atom. The molecule has 42 heavy (non-hydrogen) atoms. The van der Waals surface area contributed by atoms with Crippen LogP contribution >= 0.6 is 0 Å². The zero-order valence-corrected chi connectivity index (χ0v) is 25.9. The molecular weight excluding hydrogens is 541 g/mol. The van der Waals surface area contributed by atoms with Crippen molar-refractivity contribution in [3.8, 4) is 0 Å². The lowest BCUT2D eigenvalue weighted by atomic mass is 9.90. The SMILES string of the molecule is CC(=O)N[C@H](C(=O)Nc1ccc([C@H](C)[C@@H](NC(=O)OC(C)(C)C)C(=O)N2CCN(C)CC2)cc1F)C1CCCCCC1. The van der Waals surface area contributed by atoms with Crippen LogP contribution in [0.4, 0.5) is 14.9 Å². The minimum Gasteiger partial charge on any atom is -0.444 e. The van der Waals surface area contributed by atoms with Gasteiger partial charge in [0.2, 0.25) is 17.7 Å². The van der Waals surface area contributed by atoms with E-state index in [2.05, 4.69) is 20.9 Å². The van der Waals surface area contributed by atoms with Crippen LogP contribution in [0.5, 0.6) is 0 Å². The molecule has 2 aliphatic rings. The number of hydrogen-bond donors (Lipinski definition) is 3. The molecule has 4 amide bonds. The number of piperazine rings is 1. The van der Waals surface area contributed by atoms with Crippen molar-refractivity contribution < 1.29 is 28.3 Å². The number of alkyl carbamates (subject to hydrolysis) is 1. The first-order valence-corrected chi connectivity index (χ1v) is 15.1. The predicted octanol–water partition coefficient (Wildman–Crippen LogP) is 4.01. The Labute approximate surface area is 249 Å². The van der Waals surface area contributed by atoms with E-state index < -0.39 is 41.4 Å². The maximum Gasteiger partial charge on any atom is 0.408 e. The number of anilines is 1. The number of amides is 4. The fourth-order valence-corrected chi connectivity index (χ4v) is 5.64. The number of likely N-dealkylation sites (N-methyl/N-ethyl adjacent to an activating group) is 1. The molecule has 1 heterocycles. The molecule has 11 heteroatoms. The molecule has 234 valence electrons. The summed E-state index contributed by atoms with van der Waals surface area (Å²) in [6.07, 6.45) is 5.09.